The molecule has 0 aliphatic carbocycles. The van der Waals surface area contributed by atoms with E-state index in [-0.39, 0.29) is 12.5 Å². The zero-order valence-electron chi connectivity index (χ0n) is 13.7. The van der Waals surface area contributed by atoms with Gasteiger partial charge in [0.2, 0.25) is 0 Å². The second-order valence-corrected chi connectivity index (χ2v) is 5.52. The Morgan fingerprint density at radius 1 is 1.04 bits per heavy atom. The Hall–Kier alpha value is -2.24. The number of methoxy groups -OCH3 is 1. The number of carbonyl (C=O) groups is 1. The zero-order valence-corrected chi connectivity index (χ0v) is 14.4. The van der Waals surface area contributed by atoms with Crippen LogP contribution in [0.2, 0.25) is 5.02 Å². The first-order valence-electron chi connectivity index (χ1n) is 7.49. The highest BCUT2D eigenvalue weighted by atomic mass is 35.5. The van der Waals surface area contributed by atoms with Crippen molar-refractivity contribution in [3.63, 3.8) is 0 Å². The number of ether oxygens (including phenoxy) is 3. The molecule has 0 saturated carbocycles. The molecule has 0 heterocycles. The number of nitrogens with one attached hydrogen (secondary N) is 1. The van der Waals surface area contributed by atoms with E-state index >= 15 is 0 Å². The lowest BCUT2D eigenvalue weighted by molar-refractivity contribution is -0.118. The smallest absolute Gasteiger partial charge is 0.262 e. The Labute approximate surface area is 146 Å². The SMILES string of the molecule is COCCOc1ccc(NC(=O)COc2ccc(Cl)c(C)c2)cc1. The standard InChI is InChI=1S/C18H20ClNO4/c1-13-11-16(7-8-17(13)19)24-12-18(21)20-14-3-5-15(6-4-14)23-10-9-22-2/h3-8,11H,9-10,12H2,1-2H3,(H,20,21). The van der Waals surface area contributed by atoms with E-state index in [9.17, 15) is 4.79 Å². The topological polar surface area (TPSA) is 56.8 Å². The predicted octanol–water partition coefficient (Wildman–Crippen LogP) is 3.69. The van der Waals surface area contributed by atoms with Gasteiger partial charge in [-0.3, -0.25) is 4.79 Å². The molecule has 1 N–H and O–H groups in total. The molecule has 0 bridgehead atoms. The third kappa shape index (κ3) is 5.76. The van der Waals surface area contributed by atoms with Gasteiger partial charge in [0.1, 0.15) is 18.1 Å². The van der Waals surface area contributed by atoms with E-state index in [0.29, 0.717) is 29.7 Å². The van der Waals surface area contributed by atoms with Crippen LogP contribution in [0.25, 0.3) is 0 Å². The molecule has 128 valence electrons. The van der Waals surface area contributed by atoms with Crippen molar-refractivity contribution < 1.29 is 19.0 Å². The van der Waals surface area contributed by atoms with E-state index in [1.807, 2.05) is 6.92 Å². The molecule has 0 fully saturated rings. The highest BCUT2D eigenvalue weighted by Crippen LogP contribution is 2.21. The number of aryl methyl sites for hydroxylation is 1. The lowest BCUT2D eigenvalue weighted by Gasteiger charge is -2.10. The van der Waals surface area contributed by atoms with Crippen LogP contribution in [0.1, 0.15) is 5.56 Å². The fourth-order valence-electron chi connectivity index (χ4n) is 1.93. The minimum Gasteiger partial charge on any atom is -0.491 e. The van der Waals surface area contributed by atoms with Crippen molar-refractivity contribution in [3.8, 4) is 11.5 Å². The van der Waals surface area contributed by atoms with Crippen molar-refractivity contribution in [2.75, 3.05) is 32.2 Å². The fraction of sp³-hybridized carbons (Fsp3) is 0.278. The van der Waals surface area contributed by atoms with E-state index in [1.165, 1.54) is 0 Å². The van der Waals surface area contributed by atoms with Crippen LogP contribution in [0.5, 0.6) is 11.5 Å². The molecule has 6 heteroatoms. The Balaban J connectivity index is 1.80. The molecule has 0 aromatic heterocycles. The number of halogens is 1. The number of hydrogen-bond donors (Lipinski definition) is 1. The molecule has 0 radical (unpaired) electrons. The molecule has 1 amide bonds. The Morgan fingerprint density at radius 3 is 2.42 bits per heavy atom. The molecule has 5 nitrogen and oxygen atoms in total. The average molecular weight is 350 g/mol. The second-order valence-electron chi connectivity index (χ2n) is 5.11. The number of benzene rings is 2. The molecule has 2 aromatic rings. The molecule has 0 atom stereocenters. The molecule has 0 saturated heterocycles. The van der Waals surface area contributed by atoms with Crippen LogP contribution >= 0.6 is 11.6 Å². The van der Waals surface area contributed by atoms with Gasteiger partial charge in [0.15, 0.2) is 6.61 Å². The molecule has 24 heavy (non-hydrogen) atoms. The van der Waals surface area contributed by atoms with Crippen LogP contribution in [-0.2, 0) is 9.53 Å². The van der Waals surface area contributed by atoms with Crippen LogP contribution in [0.3, 0.4) is 0 Å². The minimum atomic E-state index is -0.240. The molecule has 0 unspecified atom stereocenters. The van der Waals surface area contributed by atoms with E-state index < -0.39 is 0 Å². The molecule has 0 spiro atoms. The molecule has 2 aromatic carbocycles. The van der Waals surface area contributed by atoms with Gasteiger partial charge in [-0.25, -0.2) is 0 Å². The maximum absolute atomic E-state index is 11.9. The van der Waals surface area contributed by atoms with Gasteiger partial charge in [0.25, 0.3) is 5.91 Å². The van der Waals surface area contributed by atoms with Gasteiger partial charge >= 0.3 is 0 Å². The summed E-state index contributed by atoms with van der Waals surface area (Å²) < 4.78 is 15.8. The van der Waals surface area contributed by atoms with Crippen molar-refractivity contribution >= 4 is 23.2 Å². The summed E-state index contributed by atoms with van der Waals surface area (Å²) in [6.45, 7) is 2.81. The normalized spacial score (nSPS) is 10.3. The minimum absolute atomic E-state index is 0.0762. The first-order chi connectivity index (χ1) is 11.6. The van der Waals surface area contributed by atoms with Crippen LogP contribution in [0.4, 0.5) is 5.69 Å². The summed E-state index contributed by atoms with van der Waals surface area (Å²) in [6, 6.07) is 12.4. The summed E-state index contributed by atoms with van der Waals surface area (Å²) in [5.41, 5.74) is 1.58. The third-order valence-electron chi connectivity index (χ3n) is 3.19. The monoisotopic (exact) mass is 349 g/mol. The first-order valence-corrected chi connectivity index (χ1v) is 7.87. The van der Waals surface area contributed by atoms with E-state index in [1.54, 1.807) is 49.6 Å². The molecule has 2 rings (SSSR count). The summed E-state index contributed by atoms with van der Waals surface area (Å²) in [4.78, 5) is 11.9. The zero-order chi connectivity index (χ0) is 17.4. The quantitative estimate of drug-likeness (QED) is 0.738. The summed E-state index contributed by atoms with van der Waals surface area (Å²) in [6.07, 6.45) is 0. The Bertz CT molecular complexity index is 673. The van der Waals surface area contributed by atoms with Gasteiger partial charge < -0.3 is 19.5 Å². The number of carbonyl (C=O) groups excluding carboxylic acids is 1. The summed E-state index contributed by atoms with van der Waals surface area (Å²) in [7, 11) is 1.62. The maximum atomic E-state index is 11.9. The summed E-state index contributed by atoms with van der Waals surface area (Å²) in [5, 5.41) is 3.43. The number of hydrogen-bond acceptors (Lipinski definition) is 4. The maximum Gasteiger partial charge on any atom is 0.262 e. The van der Waals surface area contributed by atoms with Crippen molar-refractivity contribution in [1.29, 1.82) is 0 Å². The molecule has 0 aliphatic rings. The van der Waals surface area contributed by atoms with Gasteiger partial charge in [-0.1, -0.05) is 11.6 Å². The van der Waals surface area contributed by atoms with Crippen molar-refractivity contribution in [2.45, 2.75) is 6.92 Å². The molecular weight excluding hydrogens is 330 g/mol. The Morgan fingerprint density at radius 2 is 1.75 bits per heavy atom. The molecular formula is C18H20ClNO4. The third-order valence-corrected chi connectivity index (χ3v) is 3.62. The van der Waals surface area contributed by atoms with E-state index in [0.717, 1.165) is 11.3 Å². The number of anilines is 1. The highest BCUT2D eigenvalue weighted by Gasteiger charge is 2.05. The predicted molar refractivity (Wildman–Crippen MR) is 94.1 cm³/mol. The van der Waals surface area contributed by atoms with Gasteiger partial charge in [-0.05, 0) is 55.0 Å². The second kappa shape index (κ2) is 9.15. The number of amides is 1. The largest absolute Gasteiger partial charge is 0.491 e. The van der Waals surface area contributed by atoms with Crippen LogP contribution in [0.15, 0.2) is 42.5 Å². The lowest BCUT2D eigenvalue weighted by atomic mass is 10.2. The van der Waals surface area contributed by atoms with Gasteiger partial charge in [0, 0.05) is 17.8 Å². The van der Waals surface area contributed by atoms with E-state index in [2.05, 4.69) is 5.32 Å². The molecule has 0 aliphatic heterocycles. The number of rotatable bonds is 8. The van der Waals surface area contributed by atoms with Crippen LogP contribution in [-0.4, -0.2) is 32.8 Å². The fourth-order valence-corrected chi connectivity index (χ4v) is 2.05. The lowest BCUT2D eigenvalue weighted by Crippen LogP contribution is -2.20. The first kappa shape index (κ1) is 18.1. The summed E-state index contributed by atoms with van der Waals surface area (Å²) >= 11 is 5.95. The average Bonchev–Trinajstić information content (AvgIpc) is 2.58. The van der Waals surface area contributed by atoms with Crippen LogP contribution in [0, 0.1) is 6.92 Å². The van der Waals surface area contributed by atoms with Gasteiger partial charge in [-0.2, -0.15) is 0 Å². The summed E-state index contributed by atoms with van der Waals surface area (Å²) in [5.74, 6) is 1.09. The Kier molecular flexibility index (Phi) is 6.90. The van der Waals surface area contributed by atoms with Gasteiger partial charge in [-0.15, -0.1) is 0 Å². The highest BCUT2D eigenvalue weighted by molar-refractivity contribution is 6.31. The van der Waals surface area contributed by atoms with Crippen molar-refractivity contribution in [2.24, 2.45) is 0 Å². The van der Waals surface area contributed by atoms with Crippen molar-refractivity contribution in [3.05, 3.63) is 53.1 Å². The van der Waals surface area contributed by atoms with E-state index in [4.69, 9.17) is 25.8 Å². The van der Waals surface area contributed by atoms with Gasteiger partial charge in [0.05, 0.1) is 6.61 Å². The van der Waals surface area contributed by atoms with Crippen LogP contribution < -0.4 is 14.8 Å². The van der Waals surface area contributed by atoms with Crippen molar-refractivity contribution in [1.82, 2.24) is 0 Å².